The van der Waals surface area contributed by atoms with Gasteiger partial charge in [-0.2, -0.15) is 0 Å². The van der Waals surface area contributed by atoms with Crippen molar-refractivity contribution in [1.29, 1.82) is 0 Å². The summed E-state index contributed by atoms with van der Waals surface area (Å²) in [5.74, 6) is 0.0299. The Morgan fingerprint density at radius 3 is 2.57 bits per heavy atom. The molecule has 0 saturated carbocycles. The van der Waals surface area contributed by atoms with Gasteiger partial charge in [0.15, 0.2) is 5.78 Å². The number of Topliss-reactive ketones (excluding diaryl/α,β-unsaturated/α-hetero) is 1. The van der Waals surface area contributed by atoms with Crippen molar-refractivity contribution in [3.05, 3.63) is 47.5 Å². The van der Waals surface area contributed by atoms with Crippen LogP contribution in [0, 0.1) is 0 Å². The fraction of sp³-hybridized carbons (Fsp3) is 0.188. The van der Waals surface area contributed by atoms with Crippen LogP contribution in [0.3, 0.4) is 0 Å². The van der Waals surface area contributed by atoms with Crippen LogP contribution in [-0.2, 0) is 0 Å². The molecular weight excluding hydrogens is 272 g/mol. The molecule has 5 nitrogen and oxygen atoms in total. The Labute approximate surface area is 121 Å². The van der Waals surface area contributed by atoms with Crippen LogP contribution >= 0.6 is 0 Å². The molecule has 0 fully saturated rings. The van der Waals surface area contributed by atoms with Crippen LogP contribution in [0.5, 0.6) is 23.0 Å². The zero-order valence-corrected chi connectivity index (χ0v) is 11.4. The number of rotatable bonds is 2. The minimum Gasteiger partial charge on any atom is -0.508 e. The van der Waals surface area contributed by atoms with Gasteiger partial charge in [-0.25, -0.2) is 0 Å². The van der Waals surface area contributed by atoms with Crippen LogP contribution in [0.25, 0.3) is 0 Å². The standard InChI is InChI=1S/C16H14O5/c1-20-11-6-13(18)15-14(7-11)21-8-12(16(15)19)9-2-4-10(17)5-3-9/h2-7,12,17-18H,8H2,1H3. The van der Waals surface area contributed by atoms with E-state index < -0.39 is 5.92 Å². The molecule has 1 heterocycles. The van der Waals surface area contributed by atoms with E-state index in [9.17, 15) is 15.0 Å². The van der Waals surface area contributed by atoms with E-state index in [0.29, 0.717) is 11.5 Å². The fourth-order valence-electron chi connectivity index (χ4n) is 2.43. The molecule has 0 aliphatic carbocycles. The van der Waals surface area contributed by atoms with Crippen molar-refractivity contribution >= 4 is 5.78 Å². The van der Waals surface area contributed by atoms with Crippen LogP contribution in [0.1, 0.15) is 21.8 Å². The molecular formula is C16H14O5. The molecule has 0 amide bonds. The second kappa shape index (κ2) is 5.01. The average Bonchev–Trinajstić information content (AvgIpc) is 2.48. The maximum atomic E-state index is 12.6. The minimum atomic E-state index is -0.502. The van der Waals surface area contributed by atoms with Crippen molar-refractivity contribution in [2.45, 2.75) is 5.92 Å². The van der Waals surface area contributed by atoms with Gasteiger partial charge in [-0.15, -0.1) is 0 Å². The molecule has 0 bridgehead atoms. The third-order valence-corrected chi connectivity index (χ3v) is 3.55. The Morgan fingerprint density at radius 2 is 1.90 bits per heavy atom. The molecule has 108 valence electrons. The molecule has 0 aromatic heterocycles. The van der Waals surface area contributed by atoms with E-state index in [2.05, 4.69) is 0 Å². The van der Waals surface area contributed by atoms with E-state index in [1.807, 2.05) is 0 Å². The first kappa shape index (κ1) is 13.3. The summed E-state index contributed by atoms with van der Waals surface area (Å²) in [7, 11) is 1.48. The van der Waals surface area contributed by atoms with Gasteiger partial charge in [-0.05, 0) is 17.7 Å². The van der Waals surface area contributed by atoms with Crippen molar-refractivity contribution in [2.75, 3.05) is 13.7 Å². The Balaban J connectivity index is 2.01. The molecule has 2 N–H and O–H groups in total. The Hall–Kier alpha value is -2.69. The Kier molecular flexibility index (Phi) is 3.17. The molecule has 1 atom stereocenters. The summed E-state index contributed by atoms with van der Waals surface area (Å²) in [6.07, 6.45) is 0. The van der Waals surface area contributed by atoms with E-state index in [0.717, 1.165) is 5.56 Å². The van der Waals surface area contributed by atoms with Gasteiger partial charge in [0.25, 0.3) is 0 Å². The molecule has 1 unspecified atom stereocenters. The highest BCUT2D eigenvalue weighted by Gasteiger charge is 2.33. The molecule has 0 spiro atoms. The molecule has 5 heteroatoms. The molecule has 1 aliphatic heterocycles. The summed E-state index contributed by atoms with van der Waals surface area (Å²) in [5, 5.41) is 19.3. The number of benzene rings is 2. The van der Waals surface area contributed by atoms with Gasteiger partial charge >= 0.3 is 0 Å². The topological polar surface area (TPSA) is 76.0 Å². The van der Waals surface area contributed by atoms with Gasteiger partial charge in [0, 0.05) is 12.1 Å². The van der Waals surface area contributed by atoms with Crippen LogP contribution in [0.4, 0.5) is 0 Å². The second-order valence-electron chi connectivity index (χ2n) is 4.84. The number of carbonyl (C=O) groups excluding carboxylic acids is 1. The lowest BCUT2D eigenvalue weighted by Crippen LogP contribution is -2.26. The van der Waals surface area contributed by atoms with Gasteiger partial charge in [0.05, 0.1) is 13.0 Å². The molecule has 0 radical (unpaired) electrons. The third-order valence-electron chi connectivity index (χ3n) is 3.55. The van der Waals surface area contributed by atoms with E-state index in [1.54, 1.807) is 18.2 Å². The number of ether oxygens (including phenoxy) is 2. The number of carbonyl (C=O) groups is 1. The number of phenols is 2. The van der Waals surface area contributed by atoms with E-state index >= 15 is 0 Å². The second-order valence-corrected chi connectivity index (χ2v) is 4.84. The maximum absolute atomic E-state index is 12.6. The lowest BCUT2D eigenvalue weighted by molar-refractivity contribution is 0.0892. The van der Waals surface area contributed by atoms with Crippen molar-refractivity contribution < 1.29 is 24.5 Å². The number of methoxy groups -OCH3 is 1. The summed E-state index contributed by atoms with van der Waals surface area (Å²) in [6.45, 7) is 0.184. The van der Waals surface area contributed by atoms with Gasteiger partial charge < -0.3 is 19.7 Å². The molecule has 1 aliphatic rings. The quantitative estimate of drug-likeness (QED) is 0.887. The molecule has 3 rings (SSSR count). The highest BCUT2D eigenvalue weighted by molar-refractivity contribution is 6.06. The Bertz CT molecular complexity index is 691. The largest absolute Gasteiger partial charge is 0.508 e. The SMILES string of the molecule is COc1cc(O)c2c(c1)OCC(c1ccc(O)cc1)C2=O. The van der Waals surface area contributed by atoms with E-state index in [1.165, 1.54) is 25.3 Å². The zero-order chi connectivity index (χ0) is 15.0. The predicted octanol–water partition coefficient (Wildman–Crippen LogP) is 2.47. The summed E-state index contributed by atoms with van der Waals surface area (Å²) in [6, 6.07) is 9.36. The van der Waals surface area contributed by atoms with Crippen molar-refractivity contribution in [3.8, 4) is 23.0 Å². The van der Waals surface area contributed by atoms with Crippen LogP contribution in [0.2, 0.25) is 0 Å². The summed E-state index contributed by atoms with van der Waals surface area (Å²) in [4.78, 5) is 12.6. The number of fused-ring (bicyclic) bond motifs is 1. The van der Waals surface area contributed by atoms with Crippen LogP contribution in [-0.4, -0.2) is 29.7 Å². The van der Waals surface area contributed by atoms with E-state index in [-0.39, 0.29) is 29.5 Å². The molecule has 2 aromatic carbocycles. The highest BCUT2D eigenvalue weighted by atomic mass is 16.5. The lowest BCUT2D eigenvalue weighted by Gasteiger charge is -2.25. The monoisotopic (exact) mass is 286 g/mol. The molecule has 21 heavy (non-hydrogen) atoms. The lowest BCUT2D eigenvalue weighted by atomic mass is 9.88. The number of aromatic hydroxyl groups is 2. The van der Waals surface area contributed by atoms with Gasteiger partial charge in [-0.3, -0.25) is 4.79 Å². The minimum absolute atomic E-state index is 0.135. The zero-order valence-electron chi connectivity index (χ0n) is 11.4. The number of ketones is 1. The maximum Gasteiger partial charge on any atom is 0.181 e. The third kappa shape index (κ3) is 2.27. The normalized spacial score (nSPS) is 17.0. The number of hydrogen-bond acceptors (Lipinski definition) is 5. The first-order chi connectivity index (χ1) is 10.1. The van der Waals surface area contributed by atoms with Gasteiger partial charge in [0.2, 0.25) is 0 Å². The van der Waals surface area contributed by atoms with Crippen molar-refractivity contribution in [2.24, 2.45) is 0 Å². The number of phenolic OH excluding ortho intramolecular Hbond substituents is 2. The van der Waals surface area contributed by atoms with Crippen LogP contribution < -0.4 is 9.47 Å². The highest BCUT2D eigenvalue weighted by Crippen LogP contribution is 2.40. The first-order valence-electron chi connectivity index (χ1n) is 6.47. The fourth-order valence-corrected chi connectivity index (χ4v) is 2.43. The predicted molar refractivity (Wildman–Crippen MR) is 75.3 cm³/mol. The first-order valence-corrected chi connectivity index (χ1v) is 6.47. The molecule has 2 aromatic rings. The number of hydrogen-bond donors (Lipinski definition) is 2. The van der Waals surface area contributed by atoms with Crippen molar-refractivity contribution in [3.63, 3.8) is 0 Å². The smallest absolute Gasteiger partial charge is 0.181 e. The Morgan fingerprint density at radius 1 is 1.19 bits per heavy atom. The van der Waals surface area contributed by atoms with Crippen molar-refractivity contribution in [1.82, 2.24) is 0 Å². The van der Waals surface area contributed by atoms with Crippen LogP contribution in [0.15, 0.2) is 36.4 Å². The average molecular weight is 286 g/mol. The van der Waals surface area contributed by atoms with Gasteiger partial charge in [0.1, 0.15) is 35.2 Å². The van der Waals surface area contributed by atoms with Gasteiger partial charge in [-0.1, -0.05) is 12.1 Å². The summed E-state index contributed by atoms with van der Waals surface area (Å²) in [5.41, 5.74) is 0.902. The summed E-state index contributed by atoms with van der Waals surface area (Å²) < 4.78 is 10.6. The summed E-state index contributed by atoms with van der Waals surface area (Å²) >= 11 is 0. The molecule has 0 saturated heterocycles. The van der Waals surface area contributed by atoms with E-state index in [4.69, 9.17) is 9.47 Å².